The first-order valence-electron chi connectivity index (χ1n) is 8.46. The lowest BCUT2D eigenvalue weighted by Gasteiger charge is -2.46. The van der Waals surface area contributed by atoms with E-state index in [2.05, 4.69) is 53.4 Å². The molecule has 2 aliphatic heterocycles. The molecule has 2 saturated heterocycles. The van der Waals surface area contributed by atoms with Crippen LogP contribution in [0.1, 0.15) is 24.8 Å². The molecule has 0 aromatic heterocycles. The number of hydrogen-bond acceptors (Lipinski definition) is 3. The Balaban J connectivity index is 1.45. The van der Waals surface area contributed by atoms with Crippen LogP contribution >= 0.6 is 0 Å². The van der Waals surface area contributed by atoms with Crippen LogP contribution < -0.4 is 5.32 Å². The minimum Gasteiger partial charge on any atom is -0.384 e. The van der Waals surface area contributed by atoms with Crippen molar-refractivity contribution in [2.75, 3.05) is 45.1 Å². The van der Waals surface area contributed by atoms with Gasteiger partial charge in [-0.3, -0.25) is 0 Å². The Bertz CT molecular complexity index is 460. The number of benzene rings is 1. The van der Waals surface area contributed by atoms with Crippen molar-refractivity contribution in [3.8, 4) is 0 Å². The molecule has 3 rings (SSSR count). The topological polar surface area (TPSA) is 18.5 Å². The average molecular weight is 287 g/mol. The van der Waals surface area contributed by atoms with Crippen molar-refractivity contribution >= 4 is 5.69 Å². The number of nitrogens with one attached hydrogen (secondary N) is 1. The molecule has 0 radical (unpaired) electrons. The number of aryl methyl sites for hydroxylation is 1. The number of fused-ring (bicyclic) bond motifs is 1. The van der Waals surface area contributed by atoms with E-state index in [1.807, 2.05) is 0 Å². The van der Waals surface area contributed by atoms with Crippen LogP contribution in [0, 0.1) is 12.8 Å². The van der Waals surface area contributed by atoms with E-state index >= 15 is 0 Å². The summed E-state index contributed by atoms with van der Waals surface area (Å²) in [5.41, 5.74) is 2.62. The van der Waals surface area contributed by atoms with Crippen LogP contribution in [0.5, 0.6) is 0 Å². The van der Waals surface area contributed by atoms with E-state index in [1.165, 1.54) is 56.7 Å². The third-order valence-electron chi connectivity index (χ3n) is 5.32. The fourth-order valence-corrected chi connectivity index (χ4v) is 4.05. The zero-order chi connectivity index (χ0) is 14.7. The first kappa shape index (κ1) is 14.9. The number of piperidine rings is 2. The number of nitrogens with zero attached hydrogens (tertiary/aromatic N) is 2. The van der Waals surface area contributed by atoms with Crippen molar-refractivity contribution < 1.29 is 0 Å². The van der Waals surface area contributed by atoms with E-state index in [0.717, 1.165) is 18.5 Å². The Morgan fingerprint density at radius 2 is 2.05 bits per heavy atom. The lowest BCUT2D eigenvalue weighted by molar-refractivity contribution is 0.0403. The highest BCUT2D eigenvalue weighted by atomic mass is 15.2. The largest absolute Gasteiger partial charge is 0.384 e. The zero-order valence-corrected chi connectivity index (χ0v) is 13.5. The van der Waals surface area contributed by atoms with Gasteiger partial charge in [-0.15, -0.1) is 0 Å². The normalized spacial score (nSPS) is 27.3. The molecule has 2 fully saturated rings. The van der Waals surface area contributed by atoms with Crippen LogP contribution in [0.25, 0.3) is 0 Å². The van der Waals surface area contributed by atoms with Gasteiger partial charge in [-0.05, 0) is 63.9 Å². The van der Waals surface area contributed by atoms with E-state index in [-0.39, 0.29) is 0 Å². The Kier molecular flexibility index (Phi) is 4.81. The van der Waals surface area contributed by atoms with Crippen molar-refractivity contribution in [3.05, 3.63) is 29.8 Å². The molecule has 21 heavy (non-hydrogen) atoms. The molecule has 0 bridgehead atoms. The molecule has 1 N–H and O–H groups in total. The Morgan fingerprint density at radius 3 is 2.90 bits per heavy atom. The van der Waals surface area contributed by atoms with Gasteiger partial charge in [0.25, 0.3) is 0 Å². The molecule has 2 unspecified atom stereocenters. The van der Waals surface area contributed by atoms with Gasteiger partial charge in [0, 0.05) is 31.4 Å². The molecule has 0 amide bonds. The van der Waals surface area contributed by atoms with Gasteiger partial charge in [0.15, 0.2) is 0 Å². The van der Waals surface area contributed by atoms with Gasteiger partial charge in [-0.25, -0.2) is 0 Å². The standard InChI is InChI=1S/C18H29N3/c1-15-6-3-4-8-17(15)19-10-13-21-12-9-18-16(14-21)7-5-11-20(18)2/h3-4,6,8,16,18-19H,5,7,9-14H2,1-2H3. The molecular formula is C18H29N3. The summed E-state index contributed by atoms with van der Waals surface area (Å²) >= 11 is 0. The second-order valence-corrected chi connectivity index (χ2v) is 6.78. The number of likely N-dealkylation sites (tertiary alicyclic amines) is 2. The van der Waals surface area contributed by atoms with Gasteiger partial charge in [-0.2, -0.15) is 0 Å². The van der Waals surface area contributed by atoms with Gasteiger partial charge in [0.1, 0.15) is 0 Å². The highest BCUT2D eigenvalue weighted by Gasteiger charge is 2.33. The second kappa shape index (κ2) is 6.80. The smallest absolute Gasteiger partial charge is 0.0370 e. The average Bonchev–Trinajstić information content (AvgIpc) is 2.49. The molecule has 116 valence electrons. The fraction of sp³-hybridized carbons (Fsp3) is 0.667. The highest BCUT2D eigenvalue weighted by Crippen LogP contribution is 2.29. The Labute approximate surface area is 129 Å². The maximum absolute atomic E-state index is 3.59. The summed E-state index contributed by atoms with van der Waals surface area (Å²) in [6, 6.07) is 9.41. The van der Waals surface area contributed by atoms with E-state index in [4.69, 9.17) is 0 Å². The monoisotopic (exact) mass is 287 g/mol. The summed E-state index contributed by atoms with van der Waals surface area (Å²) in [6.07, 6.45) is 4.16. The molecule has 2 aliphatic rings. The molecule has 3 heteroatoms. The third-order valence-corrected chi connectivity index (χ3v) is 5.32. The van der Waals surface area contributed by atoms with E-state index in [0.29, 0.717) is 0 Å². The summed E-state index contributed by atoms with van der Waals surface area (Å²) in [5.74, 6) is 0.899. The van der Waals surface area contributed by atoms with Crippen molar-refractivity contribution in [1.29, 1.82) is 0 Å². The van der Waals surface area contributed by atoms with Crippen LogP contribution in [0.15, 0.2) is 24.3 Å². The number of para-hydroxylation sites is 1. The molecule has 0 aliphatic carbocycles. The minimum absolute atomic E-state index is 0.847. The number of rotatable bonds is 4. The molecular weight excluding hydrogens is 258 g/mol. The van der Waals surface area contributed by atoms with Crippen molar-refractivity contribution in [2.45, 2.75) is 32.2 Å². The zero-order valence-electron chi connectivity index (χ0n) is 13.5. The minimum atomic E-state index is 0.847. The van der Waals surface area contributed by atoms with Crippen LogP contribution in [0.3, 0.4) is 0 Å². The van der Waals surface area contributed by atoms with Crippen LogP contribution in [-0.4, -0.2) is 55.6 Å². The molecule has 2 atom stereocenters. The van der Waals surface area contributed by atoms with E-state index in [1.54, 1.807) is 0 Å². The first-order chi connectivity index (χ1) is 10.2. The van der Waals surface area contributed by atoms with Gasteiger partial charge in [0.2, 0.25) is 0 Å². The van der Waals surface area contributed by atoms with Crippen molar-refractivity contribution in [1.82, 2.24) is 9.80 Å². The van der Waals surface area contributed by atoms with Crippen LogP contribution in [0.4, 0.5) is 5.69 Å². The van der Waals surface area contributed by atoms with E-state index < -0.39 is 0 Å². The second-order valence-electron chi connectivity index (χ2n) is 6.78. The summed E-state index contributed by atoms with van der Waals surface area (Å²) in [4.78, 5) is 5.25. The van der Waals surface area contributed by atoms with Crippen LogP contribution in [-0.2, 0) is 0 Å². The van der Waals surface area contributed by atoms with Gasteiger partial charge in [0.05, 0.1) is 0 Å². The lowest BCUT2D eigenvalue weighted by Crippen LogP contribution is -2.53. The summed E-state index contributed by atoms with van der Waals surface area (Å²) < 4.78 is 0. The summed E-state index contributed by atoms with van der Waals surface area (Å²) in [6.45, 7) is 8.26. The maximum atomic E-state index is 3.59. The highest BCUT2D eigenvalue weighted by molar-refractivity contribution is 5.50. The lowest BCUT2D eigenvalue weighted by atomic mass is 9.84. The molecule has 0 spiro atoms. The number of anilines is 1. The molecule has 0 saturated carbocycles. The van der Waals surface area contributed by atoms with Gasteiger partial charge in [-0.1, -0.05) is 18.2 Å². The quantitative estimate of drug-likeness (QED) is 0.918. The fourth-order valence-electron chi connectivity index (χ4n) is 4.05. The SMILES string of the molecule is Cc1ccccc1NCCN1CCC2C(CCCN2C)C1. The third kappa shape index (κ3) is 3.58. The molecule has 1 aromatic carbocycles. The Hall–Kier alpha value is -1.06. The maximum Gasteiger partial charge on any atom is 0.0370 e. The predicted molar refractivity (Wildman–Crippen MR) is 89.9 cm³/mol. The molecule has 2 heterocycles. The molecule has 1 aromatic rings. The van der Waals surface area contributed by atoms with Crippen LogP contribution in [0.2, 0.25) is 0 Å². The van der Waals surface area contributed by atoms with E-state index in [9.17, 15) is 0 Å². The van der Waals surface area contributed by atoms with Gasteiger partial charge < -0.3 is 15.1 Å². The summed E-state index contributed by atoms with van der Waals surface area (Å²) in [7, 11) is 2.31. The predicted octanol–water partition coefficient (Wildman–Crippen LogP) is 2.82. The molecule has 3 nitrogen and oxygen atoms in total. The van der Waals surface area contributed by atoms with Crippen molar-refractivity contribution in [2.24, 2.45) is 5.92 Å². The Morgan fingerprint density at radius 1 is 1.19 bits per heavy atom. The first-order valence-corrected chi connectivity index (χ1v) is 8.46. The number of hydrogen-bond donors (Lipinski definition) is 1. The summed E-state index contributed by atoms with van der Waals surface area (Å²) in [5, 5.41) is 3.59. The van der Waals surface area contributed by atoms with Crippen molar-refractivity contribution in [3.63, 3.8) is 0 Å². The van der Waals surface area contributed by atoms with Gasteiger partial charge >= 0.3 is 0 Å².